The Balaban J connectivity index is 1.65. The Morgan fingerprint density at radius 3 is 3.00 bits per heavy atom. The molecule has 26 heavy (non-hydrogen) atoms. The van der Waals surface area contributed by atoms with E-state index in [4.69, 9.17) is 13.9 Å². The second-order valence-corrected chi connectivity index (χ2v) is 6.10. The van der Waals surface area contributed by atoms with Crippen molar-refractivity contribution in [2.24, 2.45) is 0 Å². The lowest BCUT2D eigenvalue weighted by Crippen LogP contribution is -2.39. The summed E-state index contributed by atoms with van der Waals surface area (Å²) in [5.74, 6) is 0.178. The van der Waals surface area contributed by atoms with Crippen LogP contribution in [0.2, 0.25) is 0 Å². The van der Waals surface area contributed by atoms with Crippen molar-refractivity contribution in [3.63, 3.8) is 0 Å². The fourth-order valence-corrected chi connectivity index (χ4v) is 2.67. The number of benzene rings is 1. The zero-order chi connectivity index (χ0) is 18.4. The van der Waals surface area contributed by atoms with Gasteiger partial charge in [0.05, 0.1) is 24.8 Å². The van der Waals surface area contributed by atoms with E-state index in [1.54, 1.807) is 12.5 Å². The summed E-state index contributed by atoms with van der Waals surface area (Å²) in [4.78, 5) is 23.8. The van der Waals surface area contributed by atoms with Crippen LogP contribution in [0.5, 0.6) is 5.75 Å². The van der Waals surface area contributed by atoms with E-state index in [9.17, 15) is 9.59 Å². The number of fused-ring (bicyclic) bond motifs is 1. The Labute approximate surface area is 151 Å². The number of nitrogens with one attached hydrogen (secondary N) is 2. The molecule has 138 valence electrons. The van der Waals surface area contributed by atoms with Gasteiger partial charge in [-0.25, -0.2) is 0 Å². The van der Waals surface area contributed by atoms with Gasteiger partial charge in [0.2, 0.25) is 0 Å². The molecule has 0 spiro atoms. The zero-order valence-corrected chi connectivity index (χ0v) is 14.6. The molecule has 2 N–H and O–H groups in total. The van der Waals surface area contributed by atoms with Crippen molar-refractivity contribution < 1.29 is 23.5 Å². The molecule has 7 nitrogen and oxygen atoms in total. The van der Waals surface area contributed by atoms with Crippen molar-refractivity contribution in [3.05, 3.63) is 47.9 Å². The summed E-state index contributed by atoms with van der Waals surface area (Å²) < 4.78 is 15.7. The Bertz CT molecular complexity index is 757. The average Bonchev–Trinajstić information content (AvgIpc) is 3.15. The van der Waals surface area contributed by atoms with Crippen LogP contribution in [0.15, 0.2) is 41.2 Å². The van der Waals surface area contributed by atoms with E-state index in [-0.39, 0.29) is 18.5 Å². The summed E-state index contributed by atoms with van der Waals surface area (Å²) in [6.07, 6.45) is 4.45. The number of rotatable bonds is 8. The lowest BCUT2D eigenvalue weighted by Gasteiger charge is -2.20. The van der Waals surface area contributed by atoms with Gasteiger partial charge in [-0.2, -0.15) is 0 Å². The average molecular weight is 358 g/mol. The smallest absolute Gasteiger partial charge is 0.323 e. The Morgan fingerprint density at radius 1 is 1.35 bits per heavy atom. The molecular formula is C19H22N2O5. The number of esters is 1. The monoisotopic (exact) mass is 358 g/mol. The van der Waals surface area contributed by atoms with E-state index in [1.165, 1.54) is 0 Å². The third-order valence-electron chi connectivity index (χ3n) is 3.98. The quantitative estimate of drug-likeness (QED) is 0.704. The first kappa shape index (κ1) is 18.0. The number of hydrogen-bond acceptors (Lipinski definition) is 6. The first-order valence-corrected chi connectivity index (χ1v) is 8.62. The van der Waals surface area contributed by atoms with Crippen LogP contribution in [0.25, 0.3) is 0 Å². The molecule has 2 heterocycles. The second kappa shape index (κ2) is 8.53. The first-order chi connectivity index (χ1) is 12.7. The fourth-order valence-electron chi connectivity index (χ4n) is 2.67. The maximum absolute atomic E-state index is 12.3. The van der Waals surface area contributed by atoms with Gasteiger partial charge < -0.3 is 24.5 Å². The zero-order valence-electron chi connectivity index (χ0n) is 14.6. The van der Waals surface area contributed by atoms with Crippen LogP contribution < -0.4 is 15.4 Å². The number of carbonyl (C=O) groups excluding carboxylic acids is 2. The molecule has 7 heteroatoms. The summed E-state index contributed by atoms with van der Waals surface area (Å²) in [5.41, 5.74) is 2.48. The highest BCUT2D eigenvalue weighted by Gasteiger charge is 2.21. The van der Waals surface area contributed by atoms with Crippen LogP contribution in [-0.2, 0) is 27.3 Å². The summed E-state index contributed by atoms with van der Waals surface area (Å²) in [7, 11) is 0. The molecule has 0 aliphatic carbocycles. The van der Waals surface area contributed by atoms with E-state index >= 15 is 0 Å². The largest absolute Gasteiger partial charge is 0.482 e. The number of ether oxygens (including phenoxy) is 2. The molecule has 1 atom stereocenters. The van der Waals surface area contributed by atoms with Gasteiger partial charge in [0.15, 0.2) is 6.61 Å². The van der Waals surface area contributed by atoms with Crippen molar-refractivity contribution >= 4 is 17.6 Å². The third-order valence-corrected chi connectivity index (χ3v) is 3.98. The van der Waals surface area contributed by atoms with Crippen LogP contribution in [0, 0.1) is 0 Å². The molecule has 1 amide bonds. The van der Waals surface area contributed by atoms with Gasteiger partial charge in [0.25, 0.3) is 5.91 Å². The van der Waals surface area contributed by atoms with Crippen LogP contribution in [0.3, 0.4) is 0 Å². The minimum atomic E-state index is -0.485. The molecule has 0 saturated carbocycles. The molecule has 0 saturated heterocycles. The lowest BCUT2D eigenvalue weighted by molar-refractivity contribution is -0.146. The van der Waals surface area contributed by atoms with Gasteiger partial charge in [-0.1, -0.05) is 13.0 Å². The van der Waals surface area contributed by atoms with E-state index in [2.05, 4.69) is 10.6 Å². The van der Waals surface area contributed by atoms with E-state index < -0.39 is 6.04 Å². The van der Waals surface area contributed by atoms with Gasteiger partial charge >= 0.3 is 5.97 Å². The normalized spacial score (nSPS) is 14.1. The molecule has 0 bridgehead atoms. The van der Waals surface area contributed by atoms with Crippen LogP contribution in [0.1, 0.15) is 24.5 Å². The highest BCUT2D eigenvalue weighted by atomic mass is 16.5. The summed E-state index contributed by atoms with van der Waals surface area (Å²) in [5, 5.41) is 6.01. The van der Waals surface area contributed by atoms with Gasteiger partial charge in [-0.15, -0.1) is 0 Å². The van der Waals surface area contributed by atoms with Crippen molar-refractivity contribution in [2.45, 2.75) is 32.4 Å². The number of furan rings is 1. The van der Waals surface area contributed by atoms with Crippen molar-refractivity contribution in [1.82, 2.24) is 5.32 Å². The Hall–Kier alpha value is -2.80. The van der Waals surface area contributed by atoms with E-state index in [1.807, 2.05) is 31.2 Å². The number of hydrogen-bond donors (Lipinski definition) is 2. The second-order valence-electron chi connectivity index (χ2n) is 6.10. The molecule has 0 fully saturated rings. The maximum Gasteiger partial charge on any atom is 0.323 e. The number of carbonyl (C=O) groups is 2. The molecular weight excluding hydrogens is 336 g/mol. The highest BCUT2D eigenvalue weighted by molar-refractivity contribution is 5.95. The Morgan fingerprint density at radius 2 is 2.23 bits per heavy atom. The molecule has 1 aromatic heterocycles. The van der Waals surface area contributed by atoms with Gasteiger partial charge in [0, 0.05) is 13.0 Å². The van der Waals surface area contributed by atoms with Crippen molar-refractivity contribution in [1.29, 1.82) is 0 Å². The molecule has 1 unspecified atom stereocenters. The van der Waals surface area contributed by atoms with Crippen molar-refractivity contribution in [3.8, 4) is 5.75 Å². The molecule has 2 aromatic rings. The van der Waals surface area contributed by atoms with Gasteiger partial charge in [-0.05, 0) is 35.7 Å². The first-order valence-electron chi connectivity index (χ1n) is 8.62. The number of anilines is 1. The number of amides is 1. The highest BCUT2D eigenvalue weighted by Crippen LogP contribution is 2.28. The SMILES string of the molecule is CCCOC(=O)C(Cc1ccoc1)NCc1ccc2c(c1)NC(=O)CO2. The minimum Gasteiger partial charge on any atom is -0.482 e. The van der Waals surface area contributed by atoms with Gasteiger partial charge in [-0.3, -0.25) is 9.59 Å². The molecule has 1 aromatic carbocycles. The minimum absolute atomic E-state index is 0.0284. The predicted molar refractivity (Wildman–Crippen MR) is 94.9 cm³/mol. The topological polar surface area (TPSA) is 89.8 Å². The molecule has 1 aliphatic rings. The Kier molecular flexibility index (Phi) is 5.91. The van der Waals surface area contributed by atoms with E-state index in [0.717, 1.165) is 17.5 Å². The van der Waals surface area contributed by atoms with E-state index in [0.29, 0.717) is 31.0 Å². The summed E-state index contributed by atoms with van der Waals surface area (Å²) in [6, 6.07) is 6.89. The predicted octanol–water partition coefficient (Wildman–Crippen LogP) is 2.26. The third kappa shape index (κ3) is 4.64. The van der Waals surface area contributed by atoms with Crippen LogP contribution >= 0.6 is 0 Å². The molecule has 0 radical (unpaired) electrons. The fraction of sp³-hybridized carbons (Fsp3) is 0.368. The van der Waals surface area contributed by atoms with Crippen LogP contribution in [0.4, 0.5) is 5.69 Å². The summed E-state index contributed by atoms with van der Waals surface area (Å²) >= 11 is 0. The summed E-state index contributed by atoms with van der Waals surface area (Å²) in [6.45, 7) is 2.83. The standard InChI is InChI=1S/C19H22N2O5/c1-2-6-25-19(23)16(9-14-5-7-24-11-14)20-10-13-3-4-17-15(8-13)21-18(22)12-26-17/h3-5,7-8,11,16,20H,2,6,9-10,12H2,1H3,(H,21,22). The van der Waals surface area contributed by atoms with Crippen LogP contribution in [-0.4, -0.2) is 31.1 Å². The van der Waals surface area contributed by atoms with Gasteiger partial charge in [0.1, 0.15) is 11.8 Å². The maximum atomic E-state index is 12.3. The van der Waals surface area contributed by atoms with Crippen molar-refractivity contribution in [2.75, 3.05) is 18.5 Å². The lowest BCUT2D eigenvalue weighted by atomic mass is 10.1. The molecule has 1 aliphatic heterocycles. The molecule has 3 rings (SSSR count).